The summed E-state index contributed by atoms with van der Waals surface area (Å²) in [6.07, 6.45) is 0. The normalized spacial score (nSPS) is 12.1. The van der Waals surface area contributed by atoms with Crippen LogP contribution in [0.4, 0.5) is 5.69 Å². The quantitative estimate of drug-likeness (QED) is 0.441. The Labute approximate surface area is 188 Å². The molecule has 0 atom stereocenters. The minimum atomic E-state index is -3.97. The van der Waals surface area contributed by atoms with Crippen LogP contribution in [0.3, 0.4) is 0 Å². The second-order valence-electron chi connectivity index (χ2n) is 7.17. The number of hydrogen-bond donors (Lipinski definition) is 1. The molecule has 0 fully saturated rings. The number of anilines is 1. The summed E-state index contributed by atoms with van der Waals surface area (Å²) in [5.41, 5.74) is 5.07. The summed E-state index contributed by atoms with van der Waals surface area (Å²) in [6.45, 7) is 5.98. The Kier molecular flexibility index (Phi) is 7.21. The van der Waals surface area contributed by atoms with Crippen LogP contribution >= 0.6 is 11.8 Å². The van der Waals surface area contributed by atoms with Crippen molar-refractivity contribution in [2.45, 2.75) is 31.4 Å². The van der Waals surface area contributed by atoms with Crippen molar-refractivity contribution in [2.24, 2.45) is 0 Å². The Morgan fingerprint density at radius 2 is 1.55 bits per heavy atom. The highest BCUT2D eigenvalue weighted by molar-refractivity contribution is 8.04. The number of aryl methyl sites for hydroxylation is 2. The molecule has 3 aromatic carbocycles. The van der Waals surface area contributed by atoms with Gasteiger partial charge in [-0.2, -0.15) is 5.26 Å². The molecule has 4 nitrogen and oxygen atoms in total. The molecule has 0 aromatic heterocycles. The number of nitrogens with one attached hydrogen (secondary N) is 1. The number of benzene rings is 3. The predicted octanol–water partition coefficient (Wildman–Crippen LogP) is 6.12. The van der Waals surface area contributed by atoms with Gasteiger partial charge in [-0.3, -0.25) is 0 Å². The third kappa shape index (κ3) is 5.19. The van der Waals surface area contributed by atoms with Crippen LogP contribution in [0.25, 0.3) is 0 Å². The molecule has 0 aliphatic rings. The van der Waals surface area contributed by atoms with Crippen LogP contribution in [0.5, 0.6) is 0 Å². The van der Waals surface area contributed by atoms with Gasteiger partial charge in [-0.15, -0.1) is 11.8 Å². The number of allylic oxidation sites excluding steroid dienone is 1. The van der Waals surface area contributed by atoms with Crippen molar-refractivity contribution in [2.75, 3.05) is 5.32 Å². The lowest BCUT2D eigenvalue weighted by Gasteiger charge is -2.17. The molecule has 6 heteroatoms. The van der Waals surface area contributed by atoms with Gasteiger partial charge in [0.25, 0.3) is 0 Å². The molecule has 0 spiro atoms. The molecule has 0 saturated carbocycles. The van der Waals surface area contributed by atoms with Crippen molar-refractivity contribution in [1.29, 1.82) is 5.26 Å². The maximum absolute atomic E-state index is 13.3. The first kappa shape index (κ1) is 22.7. The number of rotatable bonds is 7. The zero-order chi connectivity index (χ0) is 22.4. The second-order valence-corrected chi connectivity index (χ2v) is 10.0. The first-order chi connectivity index (χ1) is 14.8. The molecule has 0 aliphatic heterocycles. The highest BCUT2D eigenvalue weighted by Gasteiger charge is 2.26. The Morgan fingerprint density at radius 3 is 2.23 bits per heavy atom. The van der Waals surface area contributed by atoms with Crippen molar-refractivity contribution in [3.63, 3.8) is 0 Å². The molecule has 0 bridgehead atoms. The number of hydrogen-bond acceptors (Lipinski definition) is 5. The average molecular weight is 449 g/mol. The van der Waals surface area contributed by atoms with E-state index in [2.05, 4.69) is 5.32 Å². The van der Waals surface area contributed by atoms with Crippen LogP contribution in [0, 0.1) is 32.1 Å². The summed E-state index contributed by atoms with van der Waals surface area (Å²) in [5.74, 6) is 0.537. The highest BCUT2D eigenvalue weighted by atomic mass is 32.2. The van der Waals surface area contributed by atoms with Crippen molar-refractivity contribution < 1.29 is 8.42 Å². The minimum Gasteiger partial charge on any atom is -0.348 e. The maximum atomic E-state index is 13.3. The lowest BCUT2D eigenvalue weighted by molar-refractivity contribution is 0.603. The molecule has 0 saturated heterocycles. The summed E-state index contributed by atoms with van der Waals surface area (Å²) in [6, 6.07) is 23.8. The van der Waals surface area contributed by atoms with Gasteiger partial charge >= 0.3 is 0 Å². The van der Waals surface area contributed by atoms with Gasteiger partial charge in [0.2, 0.25) is 9.84 Å². The molecule has 3 rings (SSSR count). The minimum absolute atomic E-state index is 0.100. The molecule has 0 unspecified atom stereocenters. The van der Waals surface area contributed by atoms with Crippen molar-refractivity contribution in [3.8, 4) is 6.07 Å². The van der Waals surface area contributed by atoms with Crippen LogP contribution in [-0.4, -0.2) is 8.42 Å². The van der Waals surface area contributed by atoms with E-state index in [4.69, 9.17) is 0 Å². The topological polar surface area (TPSA) is 70.0 Å². The van der Waals surface area contributed by atoms with Gasteiger partial charge in [0.05, 0.1) is 4.90 Å². The zero-order valence-electron chi connectivity index (χ0n) is 17.7. The van der Waals surface area contributed by atoms with E-state index in [1.165, 1.54) is 23.9 Å². The fourth-order valence-corrected chi connectivity index (χ4v) is 5.69. The van der Waals surface area contributed by atoms with Gasteiger partial charge in [0, 0.05) is 11.4 Å². The third-order valence-electron chi connectivity index (χ3n) is 5.12. The van der Waals surface area contributed by atoms with Gasteiger partial charge in [-0.05, 0) is 61.2 Å². The molecular formula is C25H24N2O2S2. The first-order valence-electron chi connectivity index (χ1n) is 9.79. The Bertz CT molecular complexity index is 1260. The van der Waals surface area contributed by atoms with Crippen LogP contribution in [0.15, 0.2) is 87.6 Å². The Morgan fingerprint density at radius 1 is 0.903 bits per heavy atom. The Hall–Kier alpha value is -3.01. The van der Waals surface area contributed by atoms with Crippen LogP contribution in [0.2, 0.25) is 0 Å². The molecular weight excluding hydrogens is 424 g/mol. The summed E-state index contributed by atoms with van der Waals surface area (Å²) >= 11 is 1.32. The number of nitrogens with zero attached hydrogens (tertiary/aromatic N) is 1. The van der Waals surface area contributed by atoms with E-state index in [0.717, 1.165) is 27.9 Å². The molecule has 0 heterocycles. The molecule has 31 heavy (non-hydrogen) atoms. The summed E-state index contributed by atoms with van der Waals surface area (Å²) in [5, 5.41) is 13.5. The fraction of sp³-hybridized carbons (Fsp3) is 0.160. The van der Waals surface area contributed by atoms with Crippen LogP contribution in [-0.2, 0) is 15.6 Å². The standard InChI is InChI=1S/C25H24N2O2S2/c1-18-11-9-15-23(20(18)3)27-25(30-17-21-12-8-7-10-19(21)2)24(16-26)31(28,29)22-13-5-4-6-14-22/h4-15,27H,17H2,1-3H3/b25-24+. The van der Waals surface area contributed by atoms with Gasteiger partial charge < -0.3 is 5.32 Å². The predicted molar refractivity (Wildman–Crippen MR) is 128 cm³/mol. The first-order valence-corrected chi connectivity index (χ1v) is 12.3. The van der Waals surface area contributed by atoms with Crippen LogP contribution < -0.4 is 5.32 Å². The molecule has 3 aromatic rings. The van der Waals surface area contributed by atoms with Gasteiger partial charge in [-0.25, -0.2) is 8.42 Å². The zero-order valence-corrected chi connectivity index (χ0v) is 19.3. The largest absolute Gasteiger partial charge is 0.348 e. The molecule has 158 valence electrons. The molecule has 0 aliphatic carbocycles. The van der Waals surface area contributed by atoms with E-state index < -0.39 is 9.84 Å². The highest BCUT2D eigenvalue weighted by Crippen LogP contribution is 2.33. The summed E-state index contributed by atoms with van der Waals surface area (Å²) in [4.78, 5) is -0.179. The monoisotopic (exact) mass is 448 g/mol. The van der Waals surface area contributed by atoms with E-state index in [0.29, 0.717) is 10.8 Å². The van der Waals surface area contributed by atoms with E-state index in [-0.39, 0.29) is 9.80 Å². The average Bonchev–Trinajstić information content (AvgIpc) is 2.77. The lowest BCUT2D eigenvalue weighted by atomic mass is 10.1. The Balaban J connectivity index is 2.09. The van der Waals surface area contributed by atoms with Crippen molar-refractivity contribution >= 4 is 27.3 Å². The smallest absolute Gasteiger partial charge is 0.219 e. The second kappa shape index (κ2) is 9.86. The van der Waals surface area contributed by atoms with Gasteiger partial charge in [-0.1, -0.05) is 54.6 Å². The molecule has 0 radical (unpaired) electrons. The van der Waals surface area contributed by atoms with E-state index in [9.17, 15) is 13.7 Å². The number of nitriles is 1. The van der Waals surface area contributed by atoms with Gasteiger partial charge in [0.15, 0.2) is 4.91 Å². The molecule has 0 amide bonds. The van der Waals surface area contributed by atoms with E-state index in [1.807, 2.05) is 69.3 Å². The lowest BCUT2D eigenvalue weighted by Crippen LogP contribution is -2.11. The molecule has 1 N–H and O–H groups in total. The van der Waals surface area contributed by atoms with E-state index in [1.54, 1.807) is 18.2 Å². The van der Waals surface area contributed by atoms with E-state index >= 15 is 0 Å². The van der Waals surface area contributed by atoms with Crippen molar-refractivity contribution in [1.82, 2.24) is 0 Å². The number of thioether (sulfide) groups is 1. The third-order valence-corrected chi connectivity index (χ3v) is 8.02. The summed E-state index contributed by atoms with van der Waals surface area (Å²) in [7, 11) is -3.97. The van der Waals surface area contributed by atoms with Crippen LogP contribution in [0.1, 0.15) is 22.3 Å². The number of sulfone groups is 1. The van der Waals surface area contributed by atoms with Gasteiger partial charge in [0.1, 0.15) is 11.1 Å². The SMILES string of the molecule is Cc1ccccc1CS/C(Nc1cccc(C)c1C)=C(\C#N)S(=O)(=O)c1ccccc1. The summed E-state index contributed by atoms with van der Waals surface area (Å²) < 4.78 is 26.6. The fourth-order valence-electron chi connectivity index (χ4n) is 3.04. The van der Waals surface area contributed by atoms with Crippen molar-refractivity contribution in [3.05, 3.63) is 105 Å². The maximum Gasteiger partial charge on any atom is 0.219 e.